The molecule has 0 aromatic heterocycles. The molecule has 1 aromatic carbocycles. The zero-order chi connectivity index (χ0) is 12.4. The van der Waals surface area contributed by atoms with Crippen LogP contribution in [0.5, 0.6) is 0 Å². The molecule has 0 radical (unpaired) electrons. The summed E-state index contributed by atoms with van der Waals surface area (Å²) in [5, 5.41) is 3.33. The number of hydrogen-bond acceptors (Lipinski definition) is 2. The summed E-state index contributed by atoms with van der Waals surface area (Å²) < 4.78 is 1.83. The number of halogens is 2. The molecule has 1 aliphatic heterocycles. The first-order valence-corrected chi connectivity index (χ1v) is 7.13. The molecule has 0 spiro atoms. The summed E-state index contributed by atoms with van der Waals surface area (Å²) in [6.07, 6.45) is 0. The number of amides is 1. The Morgan fingerprint density at radius 2 is 2.00 bits per heavy atom. The van der Waals surface area contributed by atoms with Gasteiger partial charge in [0.2, 0.25) is 0 Å². The fourth-order valence-corrected chi connectivity index (χ4v) is 3.27. The van der Waals surface area contributed by atoms with Crippen molar-refractivity contribution in [3.05, 3.63) is 32.7 Å². The van der Waals surface area contributed by atoms with Crippen LogP contribution in [0.1, 0.15) is 17.3 Å². The molecule has 0 bridgehead atoms. The Labute approximate surface area is 118 Å². The summed E-state index contributed by atoms with van der Waals surface area (Å²) in [7, 11) is 0. The minimum atomic E-state index is 0.0975. The van der Waals surface area contributed by atoms with E-state index in [-0.39, 0.29) is 5.91 Å². The molecule has 1 N–H and O–H groups in total. The van der Waals surface area contributed by atoms with E-state index in [4.69, 9.17) is 0 Å². The Morgan fingerprint density at radius 3 is 2.59 bits per heavy atom. The second kappa shape index (κ2) is 5.50. The lowest BCUT2D eigenvalue weighted by atomic mass is 10.1. The predicted octanol–water partition coefficient (Wildman–Crippen LogP) is 2.65. The van der Waals surface area contributed by atoms with Crippen molar-refractivity contribution in [1.82, 2.24) is 10.2 Å². The van der Waals surface area contributed by atoms with Gasteiger partial charge in [-0.3, -0.25) is 4.79 Å². The van der Waals surface area contributed by atoms with Crippen LogP contribution in [0.25, 0.3) is 0 Å². The molecule has 1 aliphatic rings. The second-order valence-corrected chi connectivity index (χ2v) is 6.10. The van der Waals surface area contributed by atoms with Crippen molar-refractivity contribution >= 4 is 37.8 Å². The van der Waals surface area contributed by atoms with Crippen molar-refractivity contribution in [2.75, 3.05) is 19.6 Å². The molecule has 5 heteroatoms. The molecule has 1 unspecified atom stereocenters. The van der Waals surface area contributed by atoms with E-state index in [1.807, 2.05) is 23.1 Å². The third-order valence-corrected chi connectivity index (χ3v) is 3.68. The largest absolute Gasteiger partial charge is 0.336 e. The van der Waals surface area contributed by atoms with Crippen molar-refractivity contribution in [3.63, 3.8) is 0 Å². The van der Waals surface area contributed by atoms with Gasteiger partial charge in [-0.1, -0.05) is 31.9 Å². The molecule has 17 heavy (non-hydrogen) atoms. The van der Waals surface area contributed by atoms with Gasteiger partial charge in [-0.25, -0.2) is 0 Å². The van der Waals surface area contributed by atoms with Crippen molar-refractivity contribution in [3.8, 4) is 0 Å². The minimum Gasteiger partial charge on any atom is -0.336 e. The molecule has 2 rings (SSSR count). The lowest BCUT2D eigenvalue weighted by Gasteiger charge is -2.32. The van der Waals surface area contributed by atoms with Crippen LogP contribution >= 0.6 is 31.9 Å². The van der Waals surface area contributed by atoms with Crippen LogP contribution in [0.3, 0.4) is 0 Å². The fraction of sp³-hybridized carbons (Fsp3) is 0.417. The molecule has 3 nitrogen and oxygen atoms in total. The van der Waals surface area contributed by atoms with Crippen molar-refractivity contribution in [1.29, 1.82) is 0 Å². The molecular weight excluding hydrogens is 348 g/mol. The predicted molar refractivity (Wildman–Crippen MR) is 75.2 cm³/mol. The monoisotopic (exact) mass is 360 g/mol. The zero-order valence-electron chi connectivity index (χ0n) is 9.54. The lowest BCUT2D eigenvalue weighted by molar-refractivity contribution is 0.0709. The van der Waals surface area contributed by atoms with Gasteiger partial charge in [0, 0.05) is 40.2 Å². The molecule has 0 saturated carbocycles. The maximum absolute atomic E-state index is 12.3. The Hall–Kier alpha value is -0.390. The number of nitrogens with zero attached hydrogens (tertiary/aromatic N) is 1. The van der Waals surface area contributed by atoms with E-state index < -0.39 is 0 Å². The number of nitrogens with one attached hydrogen (secondary N) is 1. The van der Waals surface area contributed by atoms with E-state index in [0.29, 0.717) is 6.04 Å². The summed E-state index contributed by atoms with van der Waals surface area (Å²) in [5.41, 5.74) is 0.723. The van der Waals surface area contributed by atoms with Crippen molar-refractivity contribution in [2.24, 2.45) is 0 Å². The topological polar surface area (TPSA) is 32.3 Å². The summed E-state index contributed by atoms with van der Waals surface area (Å²) >= 11 is 6.81. The average molecular weight is 362 g/mol. The molecule has 1 atom stereocenters. The highest BCUT2D eigenvalue weighted by Gasteiger charge is 2.21. The maximum atomic E-state index is 12.3. The van der Waals surface area contributed by atoms with Gasteiger partial charge >= 0.3 is 0 Å². The average Bonchev–Trinajstić information content (AvgIpc) is 2.26. The molecule has 1 saturated heterocycles. The van der Waals surface area contributed by atoms with Gasteiger partial charge in [0.25, 0.3) is 5.91 Å². The molecule has 92 valence electrons. The van der Waals surface area contributed by atoms with Crippen LogP contribution in [0.2, 0.25) is 0 Å². The van der Waals surface area contributed by atoms with E-state index in [0.717, 1.165) is 34.1 Å². The number of rotatable bonds is 1. The Morgan fingerprint density at radius 1 is 1.35 bits per heavy atom. The van der Waals surface area contributed by atoms with E-state index in [1.54, 1.807) is 0 Å². The smallest absolute Gasteiger partial charge is 0.254 e. The van der Waals surface area contributed by atoms with Crippen molar-refractivity contribution in [2.45, 2.75) is 13.0 Å². The van der Waals surface area contributed by atoms with E-state index in [9.17, 15) is 4.79 Å². The van der Waals surface area contributed by atoms with Crippen LogP contribution in [0, 0.1) is 0 Å². The minimum absolute atomic E-state index is 0.0975. The van der Waals surface area contributed by atoms with Gasteiger partial charge in [-0.2, -0.15) is 0 Å². The number of benzene rings is 1. The summed E-state index contributed by atoms with van der Waals surface area (Å²) in [6, 6.07) is 6.01. The van der Waals surface area contributed by atoms with Crippen LogP contribution in [-0.2, 0) is 0 Å². The summed E-state index contributed by atoms with van der Waals surface area (Å²) in [6.45, 7) is 4.49. The molecule has 1 aromatic rings. The summed E-state index contributed by atoms with van der Waals surface area (Å²) in [5.74, 6) is 0.0975. The number of hydrogen-bond donors (Lipinski definition) is 1. The highest BCUT2D eigenvalue weighted by Crippen LogP contribution is 2.21. The van der Waals surface area contributed by atoms with Gasteiger partial charge in [-0.05, 0) is 25.1 Å². The molecule has 1 fully saturated rings. The standard InChI is InChI=1S/C12H14Br2N2O/c1-8-7-16(3-2-15-8)12(17)9-4-10(13)6-11(14)5-9/h4-6,8,15H,2-3,7H2,1H3. The quantitative estimate of drug-likeness (QED) is 0.833. The van der Waals surface area contributed by atoms with Gasteiger partial charge in [0.1, 0.15) is 0 Å². The Bertz CT molecular complexity index is 416. The third kappa shape index (κ3) is 3.30. The zero-order valence-corrected chi connectivity index (χ0v) is 12.7. The SMILES string of the molecule is CC1CN(C(=O)c2cc(Br)cc(Br)c2)CCN1. The number of carbonyl (C=O) groups excluding carboxylic acids is 1. The molecule has 1 amide bonds. The Balaban J connectivity index is 2.18. The van der Waals surface area contributed by atoms with Crippen molar-refractivity contribution < 1.29 is 4.79 Å². The van der Waals surface area contributed by atoms with Crippen LogP contribution < -0.4 is 5.32 Å². The van der Waals surface area contributed by atoms with E-state index >= 15 is 0 Å². The second-order valence-electron chi connectivity index (χ2n) is 4.26. The molecule has 1 heterocycles. The van der Waals surface area contributed by atoms with E-state index in [1.165, 1.54) is 0 Å². The first-order chi connectivity index (χ1) is 8.06. The highest BCUT2D eigenvalue weighted by molar-refractivity contribution is 9.11. The molecular formula is C12H14Br2N2O. The summed E-state index contributed by atoms with van der Waals surface area (Å²) in [4.78, 5) is 14.2. The van der Waals surface area contributed by atoms with Crippen LogP contribution in [0.4, 0.5) is 0 Å². The van der Waals surface area contributed by atoms with Crippen LogP contribution in [0.15, 0.2) is 27.1 Å². The number of carbonyl (C=O) groups is 1. The lowest BCUT2D eigenvalue weighted by Crippen LogP contribution is -2.51. The normalized spacial score (nSPS) is 20.4. The van der Waals surface area contributed by atoms with Gasteiger partial charge in [0.05, 0.1) is 0 Å². The first kappa shape index (κ1) is 13.1. The third-order valence-electron chi connectivity index (χ3n) is 2.77. The molecule has 0 aliphatic carbocycles. The van der Waals surface area contributed by atoms with E-state index in [2.05, 4.69) is 44.1 Å². The fourth-order valence-electron chi connectivity index (χ4n) is 1.98. The Kier molecular flexibility index (Phi) is 4.22. The van der Waals surface area contributed by atoms with Gasteiger partial charge in [0.15, 0.2) is 0 Å². The van der Waals surface area contributed by atoms with Gasteiger partial charge in [-0.15, -0.1) is 0 Å². The van der Waals surface area contributed by atoms with Crippen LogP contribution in [-0.4, -0.2) is 36.5 Å². The van der Waals surface area contributed by atoms with Gasteiger partial charge < -0.3 is 10.2 Å². The highest BCUT2D eigenvalue weighted by atomic mass is 79.9. The number of piperazine rings is 1. The first-order valence-electron chi connectivity index (χ1n) is 5.55. The maximum Gasteiger partial charge on any atom is 0.254 e.